The van der Waals surface area contributed by atoms with Gasteiger partial charge in [0.2, 0.25) is 0 Å². The van der Waals surface area contributed by atoms with E-state index in [0.717, 1.165) is 35.2 Å². The van der Waals surface area contributed by atoms with Crippen LogP contribution in [0.3, 0.4) is 0 Å². The predicted molar refractivity (Wildman–Crippen MR) is 92.6 cm³/mol. The molecule has 3 unspecified atom stereocenters. The van der Waals surface area contributed by atoms with Crippen LogP contribution in [-0.2, 0) is 5.54 Å². The number of aromatic nitrogens is 4. The fourth-order valence-corrected chi connectivity index (χ4v) is 4.57. The van der Waals surface area contributed by atoms with Crippen LogP contribution in [0.2, 0.25) is 0 Å². The third-order valence-corrected chi connectivity index (χ3v) is 5.65. The Morgan fingerprint density at radius 1 is 1.13 bits per heavy atom. The van der Waals surface area contributed by atoms with Crippen molar-refractivity contribution in [2.75, 3.05) is 11.4 Å². The van der Waals surface area contributed by atoms with E-state index in [-0.39, 0.29) is 5.54 Å². The summed E-state index contributed by atoms with van der Waals surface area (Å²) < 4.78 is 2.02. The van der Waals surface area contributed by atoms with Crippen molar-refractivity contribution in [3.8, 4) is 0 Å². The van der Waals surface area contributed by atoms with Crippen molar-refractivity contribution in [1.82, 2.24) is 19.7 Å². The fraction of sp³-hybridized carbons (Fsp3) is 0.722. The van der Waals surface area contributed by atoms with Gasteiger partial charge in [0.1, 0.15) is 12.1 Å². The summed E-state index contributed by atoms with van der Waals surface area (Å²) in [5.74, 6) is 2.67. The molecule has 1 saturated carbocycles. The van der Waals surface area contributed by atoms with E-state index < -0.39 is 0 Å². The maximum Gasteiger partial charge on any atom is 0.163 e. The Kier molecular flexibility index (Phi) is 3.36. The van der Waals surface area contributed by atoms with E-state index >= 15 is 0 Å². The molecule has 2 aromatic rings. The number of rotatable bonds is 1. The topological polar surface area (TPSA) is 46.8 Å². The molecule has 4 rings (SSSR count). The van der Waals surface area contributed by atoms with Crippen molar-refractivity contribution in [2.45, 2.75) is 65.0 Å². The molecule has 1 aliphatic heterocycles. The van der Waals surface area contributed by atoms with Crippen LogP contribution in [0.5, 0.6) is 0 Å². The van der Waals surface area contributed by atoms with E-state index in [4.69, 9.17) is 0 Å². The molecule has 1 aliphatic carbocycles. The molecule has 0 aromatic carbocycles. The molecule has 0 spiro atoms. The summed E-state index contributed by atoms with van der Waals surface area (Å²) in [5, 5.41) is 5.71. The molecular weight excluding hydrogens is 286 g/mol. The largest absolute Gasteiger partial charge is 0.352 e. The molecule has 3 heterocycles. The first kappa shape index (κ1) is 14.9. The van der Waals surface area contributed by atoms with Gasteiger partial charge in [-0.3, -0.25) is 0 Å². The Morgan fingerprint density at radius 3 is 2.70 bits per heavy atom. The second-order valence-electron chi connectivity index (χ2n) is 8.31. The van der Waals surface area contributed by atoms with Gasteiger partial charge in [0, 0.05) is 12.6 Å². The SMILES string of the molecule is CC1CN(c2ncnc3c2cnn3C(C)(C)C)C2CCCCC12. The second kappa shape index (κ2) is 5.18. The number of hydrogen-bond acceptors (Lipinski definition) is 4. The van der Waals surface area contributed by atoms with Crippen molar-refractivity contribution in [3.63, 3.8) is 0 Å². The van der Waals surface area contributed by atoms with Crippen LogP contribution < -0.4 is 4.90 Å². The van der Waals surface area contributed by atoms with Gasteiger partial charge in [0.15, 0.2) is 5.65 Å². The van der Waals surface area contributed by atoms with Crippen LogP contribution in [-0.4, -0.2) is 32.3 Å². The van der Waals surface area contributed by atoms with Crippen LogP contribution >= 0.6 is 0 Å². The predicted octanol–water partition coefficient (Wildman–Crippen LogP) is 3.60. The highest BCUT2D eigenvalue weighted by molar-refractivity contribution is 5.87. The van der Waals surface area contributed by atoms with Crippen molar-refractivity contribution in [1.29, 1.82) is 0 Å². The summed E-state index contributed by atoms with van der Waals surface area (Å²) in [4.78, 5) is 11.7. The van der Waals surface area contributed by atoms with Crippen LogP contribution in [0.1, 0.15) is 53.4 Å². The average Bonchev–Trinajstić information content (AvgIpc) is 3.09. The first-order valence-electron chi connectivity index (χ1n) is 8.92. The number of fused-ring (bicyclic) bond motifs is 2. The summed E-state index contributed by atoms with van der Waals surface area (Å²) in [7, 11) is 0. The van der Waals surface area contributed by atoms with Gasteiger partial charge in [-0.1, -0.05) is 19.8 Å². The fourth-order valence-electron chi connectivity index (χ4n) is 4.57. The molecule has 23 heavy (non-hydrogen) atoms. The lowest BCUT2D eigenvalue weighted by Gasteiger charge is -2.33. The van der Waals surface area contributed by atoms with Crippen LogP contribution in [0.15, 0.2) is 12.5 Å². The molecule has 0 amide bonds. The average molecular weight is 313 g/mol. The Morgan fingerprint density at radius 2 is 1.91 bits per heavy atom. The van der Waals surface area contributed by atoms with Crippen molar-refractivity contribution >= 4 is 16.9 Å². The molecule has 2 aromatic heterocycles. The van der Waals surface area contributed by atoms with E-state index in [1.807, 2.05) is 10.9 Å². The monoisotopic (exact) mass is 313 g/mol. The van der Waals surface area contributed by atoms with E-state index in [1.54, 1.807) is 6.33 Å². The lowest BCUT2D eigenvalue weighted by Crippen LogP contribution is -2.35. The number of hydrogen-bond donors (Lipinski definition) is 0. The maximum atomic E-state index is 4.67. The highest BCUT2D eigenvalue weighted by Gasteiger charge is 2.41. The third-order valence-electron chi connectivity index (χ3n) is 5.65. The Labute approximate surface area is 138 Å². The van der Waals surface area contributed by atoms with Gasteiger partial charge in [-0.05, 0) is 45.4 Å². The Bertz CT molecular complexity index is 714. The quantitative estimate of drug-likeness (QED) is 0.807. The van der Waals surface area contributed by atoms with Gasteiger partial charge in [0.25, 0.3) is 0 Å². The van der Waals surface area contributed by atoms with Gasteiger partial charge in [-0.15, -0.1) is 0 Å². The van der Waals surface area contributed by atoms with E-state index in [0.29, 0.717) is 6.04 Å². The molecule has 1 saturated heterocycles. The minimum absolute atomic E-state index is 0.0704. The molecule has 0 N–H and O–H groups in total. The normalized spacial score (nSPS) is 28.3. The Balaban J connectivity index is 1.79. The molecule has 124 valence electrons. The van der Waals surface area contributed by atoms with Gasteiger partial charge in [-0.25, -0.2) is 14.6 Å². The molecule has 3 atom stereocenters. The standard InChI is InChI=1S/C18H27N5/c1-12-10-22(15-8-6-5-7-13(12)15)16-14-9-21-23(18(2,3)4)17(14)20-11-19-16/h9,11-13,15H,5-8,10H2,1-4H3. The molecular formula is C18H27N5. The zero-order valence-corrected chi connectivity index (χ0v) is 14.7. The van der Waals surface area contributed by atoms with Crippen LogP contribution in [0.25, 0.3) is 11.0 Å². The van der Waals surface area contributed by atoms with Gasteiger partial charge >= 0.3 is 0 Å². The first-order valence-corrected chi connectivity index (χ1v) is 8.92. The zero-order chi connectivity index (χ0) is 16.2. The second-order valence-corrected chi connectivity index (χ2v) is 8.31. The van der Waals surface area contributed by atoms with E-state index in [2.05, 4.69) is 47.7 Å². The Hall–Kier alpha value is -1.65. The van der Waals surface area contributed by atoms with E-state index in [1.165, 1.54) is 25.7 Å². The third kappa shape index (κ3) is 2.32. The van der Waals surface area contributed by atoms with Gasteiger partial charge < -0.3 is 4.90 Å². The van der Waals surface area contributed by atoms with Crippen LogP contribution in [0.4, 0.5) is 5.82 Å². The van der Waals surface area contributed by atoms with Crippen molar-refractivity contribution in [2.24, 2.45) is 11.8 Å². The highest BCUT2D eigenvalue weighted by Crippen LogP contribution is 2.42. The zero-order valence-electron chi connectivity index (χ0n) is 14.7. The lowest BCUT2D eigenvalue weighted by atomic mass is 9.80. The summed E-state index contributed by atoms with van der Waals surface area (Å²) in [6, 6.07) is 0.648. The maximum absolute atomic E-state index is 4.67. The smallest absolute Gasteiger partial charge is 0.163 e. The molecule has 2 fully saturated rings. The number of anilines is 1. The molecule has 0 radical (unpaired) electrons. The van der Waals surface area contributed by atoms with E-state index in [9.17, 15) is 0 Å². The lowest BCUT2D eigenvalue weighted by molar-refractivity contribution is 0.293. The molecule has 5 nitrogen and oxygen atoms in total. The minimum atomic E-state index is -0.0704. The molecule has 5 heteroatoms. The molecule has 2 aliphatic rings. The van der Waals surface area contributed by atoms with Crippen LogP contribution in [0, 0.1) is 11.8 Å². The highest BCUT2D eigenvalue weighted by atomic mass is 15.3. The van der Waals surface area contributed by atoms with Gasteiger partial charge in [0.05, 0.1) is 17.1 Å². The summed E-state index contributed by atoms with van der Waals surface area (Å²) in [6.07, 6.45) is 9.07. The minimum Gasteiger partial charge on any atom is -0.352 e. The molecule has 0 bridgehead atoms. The summed E-state index contributed by atoms with van der Waals surface area (Å²) >= 11 is 0. The first-order chi connectivity index (χ1) is 11.0. The van der Waals surface area contributed by atoms with Gasteiger partial charge in [-0.2, -0.15) is 5.10 Å². The number of nitrogens with zero attached hydrogens (tertiary/aromatic N) is 5. The van der Waals surface area contributed by atoms with Crippen molar-refractivity contribution < 1.29 is 0 Å². The van der Waals surface area contributed by atoms with Crippen molar-refractivity contribution in [3.05, 3.63) is 12.5 Å². The summed E-state index contributed by atoms with van der Waals surface area (Å²) in [6.45, 7) is 10.0. The summed E-state index contributed by atoms with van der Waals surface area (Å²) in [5.41, 5.74) is 0.883.